The van der Waals surface area contributed by atoms with Gasteiger partial charge in [0.15, 0.2) is 18.1 Å². The Morgan fingerprint density at radius 2 is 2.16 bits per heavy atom. The molecular weight excluding hydrogens is 246 g/mol. The standard InChI is InChI=1S/C13H17N3O3/c1-9-15-13(16-19-9)8-18-11-5-4-10(7-14-2)6-12(11)17-3/h4-6,14H,7-8H2,1-3H3. The zero-order valence-electron chi connectivity index (χ0n) is 11.3. The van der Waals surface area contributed by atoms with Gasteiger partial charge in [0.2, 0.25) is 11.7 Å². The largest absolute Gasteiger partial charge is 0.493 e. The number of hydrogen-bond acceptors (Lipinski definition) is 6. The third-order valence-electron chi connectivity index (χ3n) is 2.54. The molecule has 6 heteroatoms. The lowest BCUT2D eigenvalue weighted by atomic mass is 10.2. The molecule has 0 aliphatic carbocycles. The molecule has 19 heavy (non-hydrogen) atoms. The number of hydrogen-bond donors (Lipinski definition) is 1. The molecule has 2 aromatic rings. The van der Waals surface area contributed by atoms with Crippen LogP contribution in [0.15, 0.2) is 22.7 Å². The van der Waals surface area contributed by atoms with Crippen LogP contribution in [0.2, 0.25) is 0 Å². The van der Waals surface area contributed by atoms with Gasteiger partial charge in [-0.25, -0.2) is 0 Å². The number of methoxy groups -OCH3 is 1. The zero-order chi connectivity index (χ0) is 13.7. The maximum Gasteiger partial charge on any atom is 0.223 e. The summed E-state index contributed by atoms with van der Waals surface area (Å²) >= 11 is 0. The fourth-order valence-electron chi connectivity index (χ4n) is 1.69. The van der Waals surface area contributed by atoms with E-state index in [1.165, 1.54) is 0 Å². The molecule has 0 radical (unpaired) electrons. The monoisotopic (exact) mass is 263 g/mol. The van der Waals surface area contributed by atoms with Gasteiger partial charge in [-0.2, -0.15) is 4.98 Å². The van der Waals surface area contributed by atoms with Gasteiger partial charge >= 0.3 is 0 Å². The Bertz CT molecular complexity index is 540. The van der Waals surface area contributed by atoms with Crippen LogP contribution in [0.3, 0.4) is 0 Å². The van der Waals surface area contributed by atoms with E-state index >= 15 is 0 Å². The maximum atomic E-state index is 5.63. The first-order chi connectivity index (χ1) is 9.22. The summed E-state index contributed by atoms with van der Waals surface area (Å²) < 4.78 is 15.8. The Labute approximate surface area is 111 Å². The molecule has 102 valence electrons. The first kappa shape index (κ1) is 13.4. The molecule has 0 saturated heterocycles. The highest BCUT2D eigenvalue weighted by molar-refractivity contribution is 5.42. The number of benzene rings is 1. The minimum atomic E-state index is 0.249. The molecule has 1 aromatic heterocycles. The topological polar surface area (TPSA) is 69.4 Å². The zero-order valence-corrected chi connectivity index (χ0v) is 11.3. The van der Waals surface area contributed by atoms with E-state index in [1.54, 1.807) is 14.0 Å². The van der Waals surface area contributed by atoms with Gasteiger partial charge in [0.25, 0.3) is 0 Å². The minimum Gasteiger partial charge on any atom is -0.493 e. The van der Waals surface area contributed by atoms with Crippen molar-refractivity contribution in [2.75, 3.05) is 14.2 Å². The molecule has 0 fully saturated rings. The Kier molecular flexibility index (Phi) is 4.35. The highest BCUT2D eigenvalue weighted by Gasteiger charge is 2.08. The van der Waals surface area contributed by atoms with Crippen LogP contribution in [0.25, 0.3) is 0 Å². The van der Waals surface area contributed by atoms with Crippen molar-refractivity contribution in [2.45, 2.75) is 20.1 Å². The highest BCUT2D eigenvalue weighted by atomic mass is 16.5. The number of nitrogens with one attached hydrogen (secondary N) is 1. The van der Waals surface area contributed by atoms with Crippen LogP contribution in [0.5, 0.6) is 11.5 Å². The molecular formula is C13H17N3O3. The van der Waals surface area contributed by atoms with E-state index in [0.29, 0.717) is 23.2 Å². The van der Waals surface area contributed by atoms with Gasteiger partial charge in [-0.05, 0) is 24.7 Å². The van der Waals surface area contributed by atoms with Crippen molar-refractivity contribution in [3.63, 3.8) is 0 Å². The normalized spacial score (nSPS) is 10.5. The van der Waals surface area contributed by atoms with Gasteiger partial charge in [0.05, 0.1) is 7.11 Å². The first-order valence-corrected chi connectivity index (χ1v) is 5.96. The molecule has 0 spiro atoms. The predicted octanol–water partition coefficient (Wildman–Crippen LogP) is 1.69. The van der Waals surface area contributed by atoms with Crippen molar-refractivity contribution < 1.29 is 14.0 Å². The van der Waals surface area contributed by atoms with E-state index in [2.05, 4.69) is 15.5 Å². The van der Waals surface area contributed by atoms with Gasteiger partial charge in [0.1, 0.15) is 0 Å². The van der Waals surface area contributed by atoms with Crippen LogP contribution in [0.1, 0.15) is 17.3 Å². The smallest absolute Gasteiger partial charge is 0.223 e. The van der Waals surface area contributed by atoms with Crippen molar-refractivity contribution in [2.24, 2.45) is 0 Å². The average molecular weight is 263 g/mol. The third-order valence-corrected chi connectivity index (χ3v) is 2.54. The van der Waals surface area contributed by atoms with E-state index in [4.69, 9.17) is 14.0 Å². The summed E-state index contributed by atoms with van der Waals surface area (Å²) in [4.78, 5) is 4.07. The maximum absolute atomic E-state index is 5.63. The second-order valence-electron chi connectivity index (χ2n) is 4.03. The van der Waals surface area contributed by atoms with Crippen molar-refractivity contribution in [1.29, 1.82) is 0 Å². The van der Waals surface area contributed by atoms with Gasteiger partial charge in [-0.15, -0.1) is 0 Å². The van der Waals surface area contributed by atoms with E-state index in [0.717, 1.165) is 12.1 Å². The van der Waals surface area contributed by atoms with E-state index in [9.17, 15) is 0 Å². The summed E-state index contributed by atoms with van der Waals surface area (Å²) in [6.07, 6.45) is 0. The van der Waals surface area contributed by atoms with Crippen LogP contribution < -0.4 is 14.8 Å². The summed E-state index contributed by atoms with van der Waals surface area (Å²) in [7, 11) is 3.51. The molecule has 6 nitrogen and oxygen atoms in total. The molecule has 2 rings (SSSR count). The lowest BCUT2D eigenvalue weighted by Crippen LogP contribution is -2.05. The summed E-state index contributed by atoms with van der Waals surface area (Å²) in [6.45, 7) is 2.77. The molecule has 0 aliphatic heterocycles. The second-order valence-corrected chi connectivity index (χ2v) is 4.03. The van der Waals surface area contributed by atoms with Gasteiger partial charge in [0, 0.05) is 13.5 Å². The fourth-order valence-corrected chi connectivity index (χ4v) is 1.69. The fraction of sp³-hybridized carbons (Fsp3) is 0.385. The van der Waals surface area contributed by atoms with E-state index < -0.39 is 0 Å². The summed E-state index contributed by atoms with van der Waals surface area (Å²) in [6, 6.07) is 5.79. The van der Waals surface area contributed by atoms with E-state index in [1.807, 2.05) is 25.2 Å². The van der Waals surface area contributed by atoms with Crippen molar-refractivity contribution >= 4 is 0 Å². The van der Waals surface area contributed by atoms with Crippen LogP contribution in [-0.2, 0) is 13.2 Å². The summed E-state index contributed by atoms with van der Waals surface area (Å²) in [5.41, 5.74) is 1.13. The predicted molar refractivity (Wildman–Crippen MR) is 69.1 cm³/mol. The summed E-state index contributed by atoms with van der Waals surface area (Å²) in [5.74, 6) is 2.38. The highest BCUT2D eigenvalue weighted by Crippen LogP contribution is 2.28. The quantitative estimate of drug-likeness (QED) is 0.855. The third kappa shape index (κ3) is 3.45. The SMILES string of the molecule is CNCc1ccc(OCc2noc(C)n2)c(OC)c1. The molecule has 0 atom stereocenters. The average Bonchev–Trinajstić information content (AvgIpc) is 2.83. The number of rotatable bonds is 6. The molecule has 0 saturated carbocycles. The molecule has 1 N–H and O–H groups in total. The molecule has 1 aromatic carbocycles. The minimum absolute atomic E-state index is 0.249. The van der Waals surface area contributed by atoms with E-state index in [-0.39, 0.29) is 6.61 Å². The Hall–Kier alpha value is -2.08. The van der Waals surface area contributed by atoms with Crippen LogP contribution in [0, 0.1) is 6.92 Å². The Morgan fingerprint density at radius 3 is 2.79 bits per heavy atom. The van der Waals surface area contributed by atoms with Crippen molar-refractivity contribution in [3.8, 4) is 11.5 Å². The van der Waals surface area contributed by atoms with Crippen LogP contribution >= 0.6 is 0 Å². The Balaban J connectivity index is 2.06. The molecule has 0 bridgehead atoms. The molecule has 0 amide bonds. The van der Waals surface area contributed by atoms with Gasteiger partial charge in [-0.1, -0.05) is 11.2 Å². The lowest BCUT2D eigenvalue weighted by Gasteiger charge is -2.11. The molecule has 0 unspecified atom stereocenters. The lowest BCUT2D eigenvalue weighted by molar-refractivity contribution is 0.269. The van der Waals surface area contributed by atoms with Crippen molar-refractivity contribution in [3.05, 3.63) is 35.5 Å². The molecule has 1 heterocycles. The van der Waals surface area contributed by atoms with Crippen LogP contribution in [0.4, 0.5) is 0 Å². The van der Waals surface area contributed by atoms with Gasteiger partial charge in [-0.3, -0.25) is 0 Å². The summed E-state index contributed by atoms with van der Waals surface area (Å²) in [5, 5.41) is 6.86. The first-order valence-electron chi connectivity index (χ1n) is 5.96. The van der Waals surface area contributed by atoms with Crippen molar-refractivity contribution in [1.82, 2.24) is 15.5 Å². The number of aryl methyl sites for hydroxylation is 1. The van der Waals surface area contributed by atoms with Gasteiger partial charge < -0.3 is 19.3 Å². The Morgan fingerprint density at radius 1 is 1.32 bits per heavy atom. The second kappa shape index (κ2) is 6.19. The molecule has 0 aliphatic rings. The number of ether oxygens (including phenoxy) is 2. The van der Waals surface area contributed by atoms with Crippen LogP contribution in [-0.4, -0.2) is 24.3 Å². The number of nitrogens with zero attached hydrogens (tertiary/aromatic N) is 2. The number of aromatic nitrogens is 2.